The lowest BCUT2D eigenvalue weighted by atomic mass is 9.95. The van der Waals surface area contributed by atoms with Gasteiger partial charge in [0.25, 0.3) is 0 Å². The Morgan fingerprint density at radius 2 is 1.66 bits per heavy atom. The van der Waals surface area contributed by atoms with Crippen LogP contribution in [0, 0.1) is 0 Å². The number of amides is 1. The minimum atomic E-state index is -0.0766. The van der Waals surface area contributed by atoms with Crippen molar-refractivity contribution >= 4 is 23.0 Å². The number of anilines is 3. The topological polar surface area (TPSA) is 53.6 Å². The van der Waals surface area contributed by atoms with E-state index in [4.69, 9.17) is 4.74 Å². The smallest absolute Gasteiger partial charge is 0.221 e. The molecule has 162 valence electrons. The van der Waals surface area contributed by atoms with Crippen molar-refractivity contribution in [2.24, 2.45) is 0 Å². The number of hydrogen-bond donors (Lipinski definition) is 2. The van der Waals surface area contributed by atoms with Crippen molar-refractivity contribution in [3.05, 3.63) is 66.7 Å². The molecule has 6 rings (SSSR count). The van der Waals surface area contributed by atoms with Gasteiger partial charge in [0.2, 0.25) is 5.91 Å². The average molecular weight is 426 g/mol. The second kappa shape index (κ2) is 7.68. The minimum absolute atomic E-state index is 0.0766. The summed E-state index contributed by atoms with van der Waals surface area (Å²) in [6, 6.07) is 24.3. The van der Waals surface area contributed by atoms with Crippen LogP contribution in [0.3, 0.4) is 0 Å². The number of hydrogen-bond acceptors (Lipinski definition) is 4. The molecule has 1 amide bonds. The fourth-order valence-electron chi connectivity index (χ4n) is 5.62. The highest BCUT2D eigenvalue weighted by molar-refractivity contribution is 5.94. The molecule has 2 N–H and O–H groups in total. The lowest BCUT2D eigenvalue weighted by molar-refractivity contribution is -0.114. The number of fused-ring (bicyclic) bond motifs is 4. The number of para-hydroxylation sites is 3. The second-order valence-electron chi connectivity index (χ2n) is 9.11. The maximum atomic E-state index is 11.7. The molecule has 0 aliphatic carbocycles. The third kappa shape index (κ3) is 3.33. The molecule has 3 aliphatic heterocycles. The molecule has 2 saturated heterocycles. The van der Waals surface area contributed by atoms with E-state index in [0.717, 1.165) is 52.5 Å². The number of nitrogens with one attached hydrogen (secondary N) is 2. The first-order valence-electron chi connectivity index (χ1n) is 11.5. The lowest BCUT2D eigenvalue weighted by Gasteiger charge is -2.42. The van der Waals surface area contributed by atoms with Crippen LogP contribution in [0.25, 0.3) is 11.1 Å². The zero-order valence-electron chi connectivity index (χ0n) is 18.2. The second-order valence-corrected chi connectivity index (χ2v) is 9.11. The first-order chi connectivity index (χ1) is 15.7. The molecular weight excluding hydrogens is 398 g/mol. The van der Waals surface area contributed by atoms with Gasteiger partial charge < -0.3 is 20.3 Å². The highest BCUT2D eigenvalue weighted by atomic mass is 16.5. The normalized spacial score (nSPS) is 23.2. The van der Waals surface area contributed by atoms with Crippen LogP contribution in [-0.2, 0) is 4.79 Å². The maximum absolute atomic E-state index is 11.7. The van der Waals surface area contributed by atoms with Gasteiger partial charge in [-0.15, -0.1) is 0 Å². The van der Waals surface area contributed by atoms with Crippen molar-refractivity contribution in [3.8, 4) is 22.6 Å². The largest absolute Gasteiger partial charge is 0.453 e. The van der Waals surface area contributed by atoms with Crippen molar-refractivity contribution in [2.45, 2.75) is 50.7 Å². The molecule has 2 fully saturated rings. The molecule has 2 bridgehead atoms. The maximum Gasteiger partial charge on any atom is 0.221 e. The highest BCUT2D eigenvalue weighted by Gasteiger charge is 2.39. The fourth-order valence-corrected chi connectivity index (χ4v) is 5.62. The summed E-state index contributed by atoms with van der Waals surface area (Å²) in [4.78, 5) is 14.2. The standard InChI is InChI=1S/C27H27N3O2/c1-17(31)28-23-7-3-2-6-22(23)18-10-13-25-27(14-18)32-26-9-5-4-8-24(26)30(25)21-15-19-11-12-20(16-21)29-19/h2-10,13-14,19-21,29H,11-12,15-16H2,1H3,(H,28,31)/t19-,20+,21-. The van der Waals surface area contributed by atoms with Gasteiger partial charge in [0.1, 0.15) is 0 Å². The molecule has 0 aromatic heterocycles. The predicted octanol–water partition coefficient (Wildman–Crippen LogP) is 5.84. The van der Waals surface area contributed by atoms with Crippen molar-refractivity contribution in [2.75, 3.05) is 10.2 Å². The quantitative estimate of drug-likeness (QED) is 0.554. The number of ether oxygens (including phenoxy) is 1. The molecule has 0 radical (unpaired) electrons. The number of piperidine rings is 1. The Balaban J connectivity index is 1.43. The van der Waals surface area contributed by atoms with Crippen LogP contribution >= 0.6 is 0 Å². The molecule has 3 heterocycles. The Morgan fingerprint density at radius 3 is 2.47 bits per heavy atom. The van der Waals surface area contributed by atoms with E-state index < -0.39 is 0 Å². The van der Waals surface area contributed by atoms with Gasteiger partial charge in [-0.1, -0.05) is 36.4 Å². The van der Waals surface area contributed by atoms with E-state index in [0.29, 0.717) is 18.1 Å². The number of nitrogens with zero attached hydrogens (tertiary/aromatic N) is 1. The number of carbonyl (C=O) groups excluding carboxylic acids is 1. The first-order valence-corrected chi connectivity index (χ1v) is 11.5. The number of carbonyl (C=O) groups is 1. The van der Waals surface area contributed by atoms with E-state index in [9.17, 15) is 4.79 Å². The van der Waals surface area contributed by atoms with Gasteiger partial charge in [0, 0.05) is 36.3 Å². The number of benzene rings is 3. The number of rotatable bonds is 3. The Morgan fingerprint density at radius 1 is 0.938 bits per heavy atom. The predicted molar refractivity (Wildman–Crippen MR) is 128 cm³/mol. The van der Waals surface area contributed by atoms with E-state index in [-0.39, 0.29) is 5.91 Å². The summed E-state index contributed by atoms with van der Waals surface area (Å²) in [6.07, 6.45) is 4.85. The molecule has 3 aromatic carbocycles. The summed E-state index contributed by atoms with van der Waals surface area (Å²) in [5.74, 6) is 1.69. The van der Waals surface area contributed by atoms with Gasteiger partial charge in [-0.05, 0) is 61.6 Å². The van der Waals surface area contributed by atoms with Crippen LogP contribution in [0.15, 0.2) is 66.7 Å². The van der Waals surface area contributed by atoms with Gasteiger partial charge in [0.15, 0.2) is 11.5 Å². The lowest BCUT2D eigenvalue weighted by Crippen LogP contribution is -2.47. The summed E-state index contributed by atoms with van der Waals surface area (Å²) >= 11 is 0. The van der Waals surface area contributed by atoms with Gasteiger partial charge in [-0.25, -0.2) is 0 Å². The monoisotopic (exact) mass is 425 g/mol. The Bertz CT molecular complexity index is 1180. The fraction of sp³-hybridized carbons (Fsp3) is 0.296. The Labute approximate surface area is 188 Å². The minimum Gasteiger partial charge on any atom is -0.453 e. The zero-order valence-corrected chi connectivity index (χ0v) is 18.2. The van der Waals surface area contributed by atoms with Crippen LogP contribution in [0.5, 0.6) is 11.5 Å². The molecule has 0 saturated carbocycles. The highest BCUT2D eigenvalue weighted by Crippen LogP contribution is 2.51. The van der Waals surface area contributed by atoms with Crippen molar-refractivity contribution in [3.63, 3.8) is 0 Å². The Hall–Kier alpha value is -3.31. The van der Waals surface area contributed by atoms with Gasteiger partial charge in [-0.2, -0.15) is 0 Å². The van der Waals surface area contributed by atoms with E-state index in [1.165, 1.54) is 19.8 Å². The van der Waals surface area contributed by atoms with Crippen LogP contribution in [-0.4, -0.2) is 24.0 Å². The third-order valence-electron chi connectivity index (χ3n) is 6.93. The van der Waals surface area contributed by atoms with E-state index in [1.807, 2.05) is 30.3 Å². The van der Waals surface area contributed by atoms with Crippen LogP contribution < -0.4 is 20.3 Å². The summed E-state index contributed by atoms with van der Waals surface area (Å²) in [7, 11) is 0. The summed E-state index contributed by atoms with van der Waals surface area (Å²) < 4.78 is 6.41. The average Bonchev–Trinajstić information content (AvgIpc) is 3.14. The van der Waals surface area contributed by atoms with Gasteiger partial charge >= 0.3 is 0 Å². The van der Waals surface area contributed by atoms with E-state index in [2.05, 4.69) is 51.9 Å². The summed E-state index contributed by atoms with van der Waals surface area (Å²) in [5.41, 5.74) is 5.09. The van der Waals surface area contributed by atoms with E-state index in [1.54, 1.807) is 0 Å². The van der Waals surface area contributed by atoms with Gasteiger partial charge in [0.05, 0.1) is 11.4 Å². The van der Waals surface area contributed by atoms with Crippen molar-refractivity contribution < 1.29 is 9.53 Å². The van der Waals surface area contributed by atoms with Crippen LogP contribution in [0.2, 0.25) is 0 Å². The molecule has 32 heavy (non-hydrogen) atoms. The molecule has 0 spiro atoms. The zero-order chi connectivity index (χ0) is 21.7. The summed E-state index contributed by atoms with van der Waals surface area (Å²) in [6.45, 7) is 1.54. The van der Waals surface area contributed by atoms with Crippen LogP contribution in [0.1, 0.15) is 32.6 Å². The molecule has 5 nitrogen and oxygen atoms in total. The molecular formula is C27H27N3O2. The molecule has 3 aliphatic rings. The molecule has 3 aromatic rings. The Kier molecular flexibility index (Phi) is 4.65. The van der Waals surface area contributed by atoms with E-state index >= 15 is 0 Å². The SMILES string of the molecule is CC(=O)Nc1ccccc1-c1ccc2c(c1)Oc1ccccc1N2[C@@H]1C[C@H]2CC[C@@H](C1)N2. The first kappa shape index (κ1) is 19.4. The van der Waals surface area contributed by atoms with Crippen LogP contribution in [0.4, 0.5) is 17.1 Å². The van der Waals surface area contributed by atoms with Gasteiger partial charge in [-0.3, -0.25) is 4.79 Å². The molecule has 3 atom stereocenters. The molecule has 5 heteroatoms. The third-order valence-corrected chi connectivity index (χ3v) is 6.93. The van der Waals surface area contributed by atoms with Crippen molar-refractivity contribution in [1.82, 2.24) is 5.32 Å². The van der Waals surface area contributed by atoms with Crippen molar-refractivity contribution in [1.29, 1.82) is 0 Å². The molecule has 0 unspecified atom stereocenters. The summed E-state index contributed by atoms with van der Waals surface area (Å²) in [5, 5.41) is 6.71.